The zero-order chi connectivity index (χ0) is 16.0. The summed E-state index contributed by atoms with van der Waals surface area (Å²) in [6, 6.07) is -3.20. The van der Waals surface area contributed by atoms with E-state index >= 15 is 0 Å². The summed E-state index contributed by atoms with van der Waals surface area (Å²) in [6.07, 6.45) is -1.18. The van der Waals surface area contributed by atoms with Crippen LogP contribution in [0.4, 0.5) is 0 Å². The third-order valence-corrected chi connectivity index (χ3v) is 2.71. The molecule has 0 aliphatic rings. The third kappa shape index (κ3) is 5.54. The number of carbonyl (C=O) groups is 3. The van der Waals surface area contributed by atoms with Crippen LogP contribution in [0.3, 0.4) is 0 Å². The molecule has 0 rings (SSSR count). The number of nitrogens with one attached hydrogen (secondary N) is 2. The molecule has 0 aromatic heterocycles. The van der Waals surface area contributed by atoms with Gasteiger partial charge >= 0.3 is 5.97 Å². The Morgan fingerprint density at radius 3 is 1.70 bits per heavy atom. The third-order valence-electron chi connectivity index (χ3n) is 2.71. The van der Waals surface area contributed by atoms with Gasteiger partial charge in [0.2, 0.25) is 11.8 Å². The Morgan fingerprint density at radius 1 is 0.950 bits per heavy atom. The van der Waals surface area contributed by atoms with Gasteiger partial charge in [-0.15, -0.1) is 0 Å². The summed E-state index contributed by atoms with van der Waals surface area (Å²) in [5.74, 6) is -2.90. The zero-order valence-corrected chi connectivity index (χ0v) is 12.1. The Bertz CT molecular complexity index is 368. The molecule has 8 heteroatoms. The van der Waals surface area contributed by atoms with E-state index in [1.54, 1.807) is 13.8 Å². The van der Waals surface area contributed by atoms with Crippen molar-refractivity contribution in [3.05, 3.63) is 0 Å². The lowest BCUT2D eigenvalue weighted by atomic mass is 10.0. The molecule has 4 unspecified atom stereocenters. The highest BCUT2D eigenvalue weighted by molar-refractivity contribution is 5.92. The van der Waals surface area contributed by atoms with Crippen molar-refractivity contribution in [2.45, 2.75) is 51.9 Å². The molecular weight excluding hydrogens is 266 g/mol. The first-order valence-corrected chi connectivity index (χ1v) is 6.35. The van der Waals surface area contributed by atoms with E-state index in [9.17, 15) is 19.5 Å². The molecular formula is C12H23N3O5. The quantitative estimate of drug-likeness (QED) is 0.383. The van der Waals surface area contributed by atoms with Crippen molar-refractivity contribution in [1.29, 1.82) is 0 Å². The molecule has 0 saturated carbocycles. The summed E-state index contributed by atoms with van der Waals surface area (Å²) in [4.78, 5) is 34.5. The Balaban J connectivity index is 4.89. The molecule has 0 bridgehead atoms. The molecule has 0 radical (unpaired) electrons. The van der Waals surface area contributed by atoms with Crippen molar-refractivity contribution in [3.63, 3.8) is 0 Å². The molecule has 0 aromatic carbocycles. The lowest BCUT2D eigenvalue weighted by Gasteiger charge is -2.25. The predicted molar refractivity (Wildman–Crippen MR) is 71.7 cm³/mol. The van der Waals surface area contributed by atoms with E-state index in [0.717, 1.165) is 0 Å². The van der Waals surface area contributed by atoms with Crippen molar-refractivity contribution in [2.24, 2.45) is 11.7 Å². The van der Waals surface area contributed by atoms with Crippen LogP contribution in [0, 0.1) is 5.92 Å². The first-order valence-electron chi connectivity index (χ1n) is 6.35. The second-order valence-corrected chi connectivity index (χ2v) is 5.08. The largest absolute Gasteiger partial charge is 0.480 e. The van der Waals surface area contributed by atoms with Crippen LogP contribution in [-0.2, 0) is 14.4 Å². The number of carboxylic acid groups (broad SMARTS) is 1. The molecule has 0 saturated heterocycles. The van der Waals surface area contributed by atoms with E-state index in [1.807, 2.05) is 0 Å². The number of hydrogen-bond donors (Lipinski definition) is 5. The minimum atomic E-state index is -1.26. The zero-order valence-electron chi connectivity index (χ0n) is 12.1. The summed E-state index contributed by atoms with van der Waals surface area (Å²) in [5.41, 5.74) is 5.36. The fourth-order valence-electron chi connectivity index (χ4n) is 1.45. The van der Waals surface area contributed by atoms with Crippen molar-refractivity contribution < 1.29 is 24.6 Å². The van der Waals surface area contributed by atoms with E-state index in [2.05, 4.69) is 10.6 Å². The first-order chi connectivity index (χ1) is 9.07. The Morgan fingerprint density at radius 2 is 1.40 bits per heavy atom. The predicted octanol–water partition coefficient (Wildman–Crippen LogP) is -1.58. The highest BCUT2D eigenvalue weighted by Gasteiger charge is 2.31. The van der Waals surface area contributed by atoms with Crippen molar-refractivity contribution >= 4 is 17.8 Å². The van der Waals surface area contributed by atoms with Crippen molar-refractivity contribution in [1.82, 2.24) is 10.6 Å². The summed E-state index contributed by atoms with van der Waals surface area (Å²) >= 11 is 0. The van der Waals surface area contributed by atoms with Gasteiger partial charge in [-0.2, -0.15) is 0 Å². The molecule has 8 nitrogen and oxygen atoms in total. The van der Waals surface area contributed by atoms with Gasteiger partial charge < -0.3 is 26.6 Å². The van der Waals surface area contributed by atoms with Gasteiger partial charge in [0.15, 0.2) is 0 Å². The lowest BCUT2D eigenvalue weighted by molar-refractivity contribution is -0.144. The van der Waals surface area contributed by atoms with E-state index in [-0.39, 0.29) is 5.92 Å². The highest BCUT2D eigenvalue weighted by atomic mass is 16.4. The summed E-state index contributed by atoms with van der Waals surface area (Å²) in [7, 11) is 0. The van der Waals surface area contributed by atoms with Gasteiger partial charge in [0, 0.05) is 0 Å². The van der Waals surface area contributed by atoms with E-state index < -0.39 is 42.0 Å². The summed E-state index contributed by atoms with van der Waals surface area (Å²) < 4.78 is 0. The molecule has 4 atom stereocenters. The number of carboxylic acids is 1. The molecule has 0 spiro atoms. The van der Waals surface area contributed by atoms with E-state index in [4.69, 9.17) is 10.8 Å². The number of carbonyl (C=O) groups excluding carboxylic acids is 2. The molecule has 6 N–H and O–H groups in total. The lowest BCUT2D eigenvalue weighted by Crippen LogP contribution is -2.58. The van der Waals surface area contributed by atoms with Crippen molar-refractivity contribution in [2.75, 3.05) is 0 Å². The van der Waals surface area contributed by atoms with Crippen LogP contribution in [0.2, 0.25) is 0 Å². The minimum Gasteiger partial charge on any atom is -0.480 e. The maximum Gasteiger partial charge on any atom is 0.326 e. The number of aliphatic hydroxyl groups is 1. The first kappa shape index (κ1) is 18.3. The second kappa shape index (κ2) is 7.81. The molecule has 0 heterocycles. The normalized spacial score (nSPS) is 16.9. The second-order valence-electron chi connectivity index (χ2n) is 5.08. The van der Waals surface area contributed by atoms with Crippen LogP contribution in [0.5, 0.6) is 0 Å². The van der Waals surface area contributed by atoms with Gasteiger partial charge in [0.1, 0.15) is 12.1 Å². The molecule has 20 heavy (non-hydrogen) atoms. The van der Waals surface area contributed by atoms with Crippen LogP contribution < -0.4 is 16.4 Å². The maximum absolute atomic E-state index is 12.0. The van der Waals surface area contributed by atoms with Gasteiger partial charge in [-0.3, -0.25) is 9.59 Å². The Kier molecular flexibility index (Phi) is 7.16. The molecule has 0 fully saturated rings. The average molecular weight is 289 g/mol. The molecule has 116 valence electrons. The minimum absolute atomic E-state index is 0.338. The average Bonchev–Trinajstić information content (AvgIpc) is 2.30. The number of nitrogens with two attached hydrogens (primary N) is 1. The van der Waals surface area contributed by atoms with Gasteiger partial charge in [-0.05, 0) is 19.8 Å². The Labute approximate surface area is 117 Å². The van der Waals surface area contributed by atoms with Crippen LogP contribution in [0.25, 0.3) is 0 Å². The fourth-order valence-corrected chi connectivity index (χ4v) is 1.45. The summed E-state index contributed by atoms with van der Waals surface area (Å²) in [5, 5.41) is 23.1. The SMILES string of the molecule is CC(N)C(=O)NC(C(=O)NC(C(=O)O)C(C)C)C(C)O. The smallest absolute Gasteiger partial charge is 0.326 e. The van der Waals surface area contributed by atoms with Gasteiger partial charge in [-0.1, -0.05) is 13.8 Å². The molecule has 0 aromatic rings. The number of hydrogen-bond acceptors (Lipinski definition) is 5. The standard InChI is InChI=1S/C12H23N3O5/c1-5(2)8(12(19)20)14-11(18)9(7(4)16)15-10(17)6(3)13/h5-9,16H,13H2,1-4H3,(H,14,18)(H,15,17)(H,19,20). The van der Waals surface area contributed by atoms with Gasteiger partial charge in [-0.25, -0.2) is 4.79 Å². The highest BCUT2D eigenvalue weighted by Crippen LogP contribution is 2.03. The van der Waals surface area contributed by atoms with Crippen molar-refractivity contribution in [3.8, 4) is 0 Å². The van der Waals surface area contributed by atoms with Crippen LogP contribution in [0.1, 0.15) is 27.7 Å². The molecule has 2 amide bonds. The molecule has 0 aliphatic heterocycles. The van der Waals surface area contributed by atoms with Crippen LogP contribution in [0.15, 0.2) is 0 Å². The number of rotatable bonds is 7. The summed E-state index contributed by atoms with van der Waals surface area (Å²) in [6.45, 7) is 6.02. The topological polar surface area (TPSA) is 142 Å². The Hall–Kier alpha value is -1.67. The van der Waals surface area contributed by atoms with E-state index in [1.165, 1.54) is 13.8 Å². The number of aliphatic carboxylic acids is 1. The number of aliphatic hydroxyl groups excluding tert-OH is 1. The van der Waals surface area contributed by atoms with Gasteiger partial charge in [0.05, 0.1) is 12.1 Å². The van der Waals surface area contributed by atoms with Gasteiger partial charge in [0.25, 0.3) is 0 Å². The van der Waals surface area contributed by atoms with E-state index in [0.29, 0.717) is 0 Å². The van der Waals surface area contributed by atoms with Crippen LogP contribution in [-0.4, -0.2) is 52.2 Å². The number of amides is 2. The fraction of sp³-hybridized carbons (Fsp3) is 0.750. The van der Waals surface area contributed by atoms with Crippen LogP contribution >= 0.6 is 0 Å². The maximum atomic E-state index is 12.0. The molecule has 0 aliphatic carbocycles. The monoisotopic (exact) mass is 289 g/mol.